The fourth-order valence-electron chi connectivity index (χ4n) is 3.21. The van der Waals surface area contributed by atoms with E-state index in [1.807, 2.05) is 20.0 Å². The number of nitrogens with zero attached hydrogens (tertiary/aromatic N) is 3. The van der Waals surface area contributed by atoms with Gasteiger partial charge in [-0.3, -0.25) is 15.1 Å². The molecule has 22 heavy (non-hydrogen) atoms. The third-order valence-electron chi connectivity index (χ3n) is 4.23. The molecule has 2 aromatic rings. The van der Waals surface area contributed by atoms with Gasteiger partial charge in [-0.1, -0.05) is 0 Å². The van der Waals surface area contributed by atoms with Crippen molar-refractivity contribution in [2.24, 2.45) is 5.92 Å². The number of hydrogen-bond acceptors (Lipinski definition) is 5. The monoisotopic (exact) mass is 300 g/mol. The van der Waals surface area contributed by atoms with Gasteiger partial charge >= 0.3 is 0 Å². The molecule has 0 radical (unpaired) electrons. The van der Waals surface area contributed by atoms with E-state index in [2.05, 4.69) is 15.2 Å². The Bertz CT molecular complexity index is 717. The van der Waals surface area contributed by atoms with Crippen LogP contribution in [0.1, 0.15) is 12.1 Å². The van der Waals surface area contributed by atoms with Gasteiger partial charge in [-0.2, -0.15) is 0 Å². The summed E-state index contributed by atoms with van der Waals surface area (Å²) in [7, 11) is 1.97. The van der Waals surface area contributed by atoms with E-state index in [1.54, 1.807) is 12.1 Å². The highest BCUT2D eigenvalue weighted by Crippen LogP contribution is 2.32. The average Bonchev–Trinajstić information content (AvgIpc) is 2.94. The molecule has 116 valence electrons. The number of nitro benzene ring substituents is 1. The molecule has 1 unspecified atom stereocenters. The highest BCUT2D eigenvalue weighted by molar-refractivity contribution is 5.93. The first kappa shape index (κ1) is 14.7. The molecular formula is C16H20N4O2. The minimum atomic E-state index is -0.350. The molecular weight excluding hydrogens is 280 g/mol. The second-order valence-corrected chi connectivity index (χ2v) is 5.90. The number of pyridine rings is 1. The van der Waals surface area contributed by atoms with Gasteiger partial charge in [0.25, 0.3) is 5.69 Å². The van der Waals surface area contributed by atoms with Crippen LogP contribution in [0.15, 0.2) is 24.3 Å². The lowest BCUT2D eigenvalue weighted by Crippen LogP contribution is -2.24. The zero-order valence-electron chi connectivity index (χ0n) is 12.9. The van der Waals surface area contributed by atoms with Crippen molar-refractivity contribution >= 4 is 22.3 Å². The van der Waals surface area contributed by atoms with Crippen LogP contribution in [-0.4, -0.2) is 36.6 Å². The summed E-state index contributed by atoms with van der Waals surface area (Å²) in [6, 6.07) is 6.94. The van der Waals surface area contributed by atoms with Crippen LogP contribution in [0.5, 0.6) is 0 Å². The van der Waals surface area contributed by atoms with Crippen molar-refractivity contribution in [3.8, 4) is 0 Å². The normalized spacial score (nSPS) is 18.1. The first-order valence-electron chi connectivity index (χ1n) is 7.54. The molecule has 1 saturated heterocycles. The van der Waals surface area contributed by atoms with Crippen molar-refractivity contribution in [1.29, 1.82) is 0 Å². The van der Waals surface area contributed by atoms with Crippen LogP contribution in [0.2, 0.25) is 0 Å². The van der Waals surface area contributed by atoms with E-state index in [0.29, 0.717) is 5.92 Å². The second-order valence-electron chi connectivity index (χ2n) is 5.90. The van der Waals surface area contributed by atoms with Crippen molar-refractivity contribution in [3.63, 3.8) is 0 Å². The predicted molar refractivity (Wildman–Crippen MR) is 87.4 cm³/mol. The standard InChI is InChI=1S/C16H20N4O2/c1-11-7-16(19-6-5-12(10-19)9-17-2)14-8-13(20(21)22)3-4-15(14)18-11/h3-4,7-8,12,17H,5-6,9-10H2,1-2H3. The molecule has 0 aliphatic carbocycles. The van der Waals surface area contributed by atoms with Crippen molar-refractivity contribution in [3.05, 3.63) is 40.1 Å². The zero-order valence-corrected chi connectivity index (χ0v) is 12.9. The Morgan fingerprint density at radius 1 is 1.45 bits per heavy atom. The van der Waals surface area contributed by atoms with E-state index in [9.17, 15) is 10.1 Å². The van der Waals surface area contributed by atoms with Crippen LogP contribution in [0.25, 0.3) is 10.9 Å². The summed E-state index contributed by atoms with van der Waals surface area (Å²) in [5.41, 5.74) is 2.93. The van der Waals surface area contributed by atoms with E-state index in [-0.39, 0.29) is 10.6 Å². The van der Waals surface area contributed by atoms with Gasteiger partial charge in [0.15, 0.2) is 0 Å². The van der Waals surface area contributed by atoms with Crippen molar-refractivity contribution in [2.45, 2.75) is 13.3 Å². The molecule has 3 rings (SSSR count). The molecule has 0 spiro atoms. The van der Waals surface area contributed by atoms with Crippen LogP contribution >= 0.6 is 0 Å². The maximum absolute atomic E-state index is 11.0. The number of fused-ring (bicyclic) bond motifs is 1. The van der Waals surface area contributed by atoms with Gasteiger partial charge in [0.05, 0.1) is 10.4 Å². The fraction of sp³-hybridized carbons (Fsp3) is 0.438. The summed E-state index contributed by atoms with van der Waals surface area (Å²) in [4.78, 5) is 17.5. The molecule has 1 aromatic heterocycles. The van der Waals surface area contributed by atoms with E-state index >= 15 is 0 Å². The van der Waals surface area contributed by atoms with Gasteiger partial charge in [0.1, 0.15) is 0 Å². The summed E-state index contributed by atoms with van der Waals surface area (Å²) < 4.78 is 0. The first-order chi connectivity index (χ1) is 10.6. The Labute approximate surface area is 129 Å². The fourth-order valence-corrected chi connectivity index (χ4v) is 3.21. The molecule has 0 saturated carbocycles. The quantitative estimate of drug-likeness (QED) is 0.694. The Morgan fingerprint density at radius 2 is 2.27 bits per heavy atom. The number of aromatic nitrogens is 1. The Kier molecular flexibility index (Phi) is 3.94. The van der Waals surface area contributed by atoms with Crippen LogP contribution in [0.3, 0.4) is 0 Å². The Morgan fingerprint density at radius 3 is 3.00 bits per heavy atom. The lowest BCUT2D eigenvalue weighted by molar-refractivity contribution is -0.384. The number of hydrogen-bond donors (Lipinski definition) is 1. The molecule has 6 nitrogen and oxygen atoms in total. The number of nitrogens with one attached hydrogen (secondary N) is 1. The van der Waals surface area contributed by atoms with Gasteiger partial charge in [-0.05, 0) is 45.0 Å². The minimum absolute atomic E-state index is 0.116. The van der Waals surface area contributed by atoms with Gasteiger partial charge in [-0.25, -0.2) is 0 Å². The topological polar surface area (TPSA) is 71.3 Å². The highest BCUT2D eigenvalue weighted by Gasteiger charge is 2.24. The number of nitro groups is 1. The number of anilines is 1. The molecule has 1 aliphatic rings. The van der Waals surface area contributed by atoms with E-state index < -0.39 is 0 Å². The molecule has 0 amide bonds. The average molecular weight is 300 g/mol. The predicted octanol–water partition coefficient (Wildman–Crippen LogP) is 2.50. The largest absolute Gasteiger partial charge is 0.371 e. The second kappa shape index (κ2) is 5.88. The lowest BCUT2D eigenvalue weighted by atomic mass is 10.1. The summed E-state index contributed by atoms with van der Waals surface area (Å²) in [6.07, 6.45) is 1.14. The van der Waals surface area contributed by atoms with Crippen molar-refractivity contribution < 1.29 is 4.92 Å². The Balaban J connectivity index is 2.04. The molecule has 1 aliphatic heterocycles. The van der Waals surface area contributed by atoms with Gasteiger partial charge in [-0.15, -0.1) is 0 Å². The first-order valence-corrected chi connectivity index (χ1v) is 7.54. The maximum atomic E-state index is 11.0. The molecule has 1 N–H and O–H groups in total. The van der Waals surface area contributed by atoms with Crippen LogP contribution in [0, 0.1) is 23.0 Å². The van der Waals surface area contributed by atoms with Crippen LogP contribution in [-0.2, 0) is 0 Å². The van der Waals surface area contributed by atoms with Crippen LogP contribution < -0.4 is 10.2 Å². The molecule has 1 aromatic carbocycles. The molecule has 1 atom stereocenters. The number of aryl methyl sites for hydroxylation is 1. The minimum Gasteiger partial charge on any atom is -0.371 e. The van der Waals surface area contributed by atoms with Crippen molar-refractivity contribution in [2.75, 3.05) is 31.6 Å². The Hall–Kier alpha value is -2.21. The third-order valence-corrected chi connectivity index (χ3v) is 4.23. The number of benzene rings is 1. The molecule has 6 heteroatoms. The van der Waals surface area contributed by atoms with Gasteiger partial charge < -0.3 is 10.2 Å². The van der Waals surface area contributed by atoms with Crippen molar-refractivity contribution in [1.82, 2.24) is 10.3 Å². The summed E-state index contributed by atoms with van der Waals surface area (Å²) in [6.45, 7) is 4.92. The molecule has 2 heterocycles. The smallest absolute Gasteiger partial charge is 0.270 e. The SMILES string of the molecule is CNCC1CCN(c2cc(C)nc3ccc([N+](=O)[O-])cc23)C1. The van der Waals surface area contributed by atoms with E-state index in [4.69, 9.17) is 0 Å². The van der Waals surface area contributed by atoms with E-state index in [0.717, 1.165) is 48.3 Å². The number of rotatable bonds is 4. The molecule has 1 fully saturated rings. The number of non-ortho nitro benzene ring substituents is 1. The van der Waals surface area contributed by atoms with Gasteiger partial charge in [0, 0.05) is 42.0 Å². The van der Waals surface area contributed by atoms with E-state index in [1.165, 1.54) is 6.07 Å². The summed E-state index contributed by atoms with van der Waals surface area (Å²) >= 11 is 0. The third kappa shape index (κ3) is 2.74. The summed E-state index contributed by atoms with van der Waals surface area (Å²) in [5, 5.41) is 15.1. The zero-order chi connectivity index (χ0) is 15.7. The lowest BCUT2D eigenvalue weighted by Gasteiger charge is -2.21. The molecule has 0 bridgehead atoms. The highest BCUT2D eigenvalue weighted by atomic mass is 16.6. The van der Waals surface area contributed by atoms with Crippen LogP contribution in [0.4, 0.5) is 11.4 Å². The van der Waals surface area contributed by atoms with Gasteiger partial charge in [0.2, 0.25) is 0 Å². The summed E-state index contributed by atoms with van der Waals surface area (Å²) in [5.74, 6) is 0.618. The maximum Gasteiger partial charge on any atom is 0.270 e.